The van der Waals surface area contributed by atoms with Gasteiger partial charge in [0, 0.05) is 33.0 Å². The zero-order chi connectivity index (χ0) is 15.8. The molecular formula is C20H16N2S. The van der Waals surface area contributed by atoms with Crippen molar-refractivity contribution in [2.45, 2.75) is 23.6 Å². The van der Waals surface area contributed by atoms with Crippen LogP contribution in [0.1, 0.15) is 11.1 Å². The van der Waals surface area contributed by atoms with Gasteiger partial charge in [0.25, 0.3) is 0 Å². The summed E-state index contributed by atoms with van der Waals surface area (Å²) >= 11 is 1.78. The van der Waals surface area contributed by atoms with E-state index in [4.69, 9.17) is 0 Å². The van der Waals surface area contributed by atoms with Crippen molar-refractivity contribution in [3.63, 3.8) is 0 Å². The maximum atomic E-state index is 4.49. The fraction of sp³-hybridized carbons (Fsp3) is 0.100. The van der Waals surface area contributed by atoms with E-state index in [0.29, 0.717) is 0 Å². The molecule has 0 amide bonds. The van der Waals surface area contributed by atoms with E-state index in [0.717, 1.165) is 11.0 Å². The summed E-state index contributed by atoms with van der Waals surface area (Å²) in [6.45, 7) is 4.19. The van der Waals surface area contributed by atoms with E-state index in [-0.39, 0.29) is 0 Å². The Morgan fingerprint density at radius 1 is 0.652 bits per heavy atom. The van der Waals surface area contributed by atoms with Crippen molar-refractivity contribution in [2.75, 3.05) is 0 Å². The molecule has 2 aromatic heterocycles. The van der Waals surface area contributed by atoms with Crippen LogP contribution >= 0.6 is 11.8 Å². The number of aryl methyl sites for hydroxylation is 2. The van der Waals surface area contributed by atoms with Crippen molar-refractivity contribution >= 4 is 33.6 Å². The normalized spacial score (nSPS) is 11.2. The molecule has 4 rings (SSSR count). The van der Waals surface area contributed by atoms with E-state index >= 15 is 0 Å². The maximum Gasteiger partial charge on any atom is 0.0715 e. The number of fused-ring (bicyclic) bond motifs is 2. The van der Waals surface area contributed by atoms with Crippen molar-refractivity contribution in [1.29, 1.82) is 0 Å². The van der Waals surface area contributed by atoms with Gasteiger partial charge in [0.1, 0.15) is 0 Å². The number of rotatable bonds is 2. The molecule has 0 aliphatic carbocycles. The lowest BCUT2D eigenvalue weighted by atomic mass is 10.1. The maximum absolute atomic E-state index is 4.49. The minimum Gasteiger partial charge on any atom is -0.256 e. The van der Waals surface area contributed by atoms with Crippen LogP contribution in [0.2, 0.25) is 0 Å². The standard InChI is InChI=1S/C20H16N2S/c1-13-3-5-15-17(11-13)21-9-7-19(15)23-20-8-10-22-18-12-14(2)4-6-16(18)20/h3-12H,1-2H3. The van der Waals surface area contributed by atoms with Gasteiger partial charge in [-0.3, -0.25) is 9.97 Å². The second-order valence-corrected chi connectivity index (χ2v) is 6.85. The van der Waals surface area contributed by atoms with E-state index in [1.165, 1.54) is 31.7 Å². The topological polar surface area (TPSA) is 25.8 Å². The van der Waals surface area contributed by atoms with Gasteiger partial charge in [0.15, 0.2) is 0 Å². The van der Waals surface area contributed by atoms with Crippen molar-refractivity contribution < 1.29 is 0 Å². The van der Waals surface area contributed by atoms with Gasteiger partial charge < -0.3 is 0 Å². The van der Waals surface area contributed by atoms with Gasteiger partial charge in [-0.15, -0.1) is 0 Å². The summed E-state index contributed by atoms with van der Waals surface area (Å²) in [5, 5.41) is 2.39. The van der Waals surface area contributed by atoms with Gasteiger partial charge in [-0.2, -0.15) is 0 Å². The zero-order valence-corrected chi connectivity index (χ0v) is 13.9. The van der Waals surface area contributed by atoms with Crippen LogP contribution in [0.3, 0.4) is 0 Å². The first-order chi connectivity index (χ1) is 11.2. The molecule has 0 unspecified atom stereocenters. The Morgan fingerprint density at radius 3 is 1.61 bits per heavy atom. The molecule has 3 heteroatoms. The van der Waals surface area contributed by atoms with E-state index in [2.05, 4.69) is 72.3 Å². The Labute approximate surface area is 139 Å². The van der Waals surface area contributed by atoms with Gasteiger partial charge >= 0.3 is 0 Å². The van der Waals surface area contributed by atoms with Gasteiger partial charge in [-0.1, -0.05) is 36.0 Å². The number of nitrogens with zero attached hydrogens (tertiary/aromatic N) is 2. The minimum atomic E-state index is 1.05. The van der Waals surface area contributed by atoms with Crippen LogP contribution in [0, 0.1) is 13.8 Å². The Hall–Kier alpha value is -2.39. The van der Waals surface area contributed by atoms with E-state index < -0.39 is 0 Å². The first-order valence-electron chi connectivity index (χ1n) is 7.59. The highest BCUT2D eigenvalue weighted by molar-refractivity contribution is 7.99. The third-order valence-electron chi connectivity index (χ3n) is 3.94. The highest BCUT2D eigenvalue weighted by atomic mass is 32.2. The highest BCUT2D eigenvalue weighted by Gasteiger charge is 2.08. The lowest BCUT2D eigenvalue weighted by molar-refractivity contribution is 1.32. The predicted octanol–water partition coefficient (Wildman–Crippen LogP) is 5.55. The average molecular weight is 316 g/mol. The fourth-order valence-electron chi connectivity index (χ4n) is 2.76. The van der Waals surface area contributed by atoms with E-state index in [9.17, 15) is 0 Å². The van der Waals surface area contributed by atoms with Crippen molar-refractivity contribution in [3.8, 4) is 0 Å². The number of pyridine rings is 2. The Kier molecular flexibility index (Phi) is 3.50. The summed E-state index contributed by atoms with van der Waals surface area (Å²) < 4.78 is 0. The third-order valence-corrected chi connectivity index (χ3v) is 5.09. The molecule has 0 aliphatic rings. The van der Waals surface area contributed by atoms with Crippen LogP contribution in [0.4, 0.5) is 0 Å². The molecule has 112 valence electrons. The van der Waals surface area contributed by atoms with Gasteiger partial charge in [0.05, 0.1) is 11.0 Å². The quantitative estimate of drug-likeness (QED) is 0.485. The number of aromatic nitrogens is 2. The predicted molar refractivity (Wildman–Crippen MR) is 97.1 cm³/mol. The number of benzene rings is 2. The second-order valence-electron chi connectivity index (χ2n) is 5.76. The minimum absolute atomic E-state index is 1.05. The third kappa shape index (κ3) is 2.68. The van der Waals surface area contributed by atoms with E-state index in [1.807, 2.05) is 12.4 Å². The van der Waals surface area contributed by atoms with Crippen LogP contribution in [-0.2, 0) is 0 Å². The molecule has 0 radical (unpaired) electrons. The molecule has 0 saturated carbocycles. The molecule has 2 aromatic carbocycles. The molecule has 0 spiro atoms. The number of hydrogen-bond acceptors (Lipinski definition) is 3. The lowest BCUT2D eigenvalue weighted by Gasteiger charge is -2.09. The molecule has 4 aromatic rings. The smallest absolute Gasteiger partial charge is 0.0715 e. The van der Waals surface area contributed by atoms with Crippen molar-refractivity contribution in [1.82, 2.24) is 9.97 Å². The Bertz CT molecular complexity index is 941. The molecular weight excluding hydrogens is 300 g/mol. The van der Waals surface area contributed by atoms with Crippen LogP contribution in [0.15, 0.2) is 70.7 Å². The van der Waals surface area contributed by atoms with Crippen LogP contribution in [0.25, 0.3) is 21.8 Å². The Balaban J connectivity index is 1.85. The van der Waals surface area contributed by atoms with Crippen molar-refractivity contribution in [3.05, 3.63) is 72.1 Å². The first-order valence-corrected chi connectivity index (χ1v) is 8.41. The van der Waals surface area contributed by atoms with Gasteiger partial charge in [-0.25, -0.2) is 0 Å². The molecule has 0 aliphatic heterocycles. The van der Waals surface area contributed by atoms with Crippen LogP contribution in [0.5, 0.6) is 0 Å². The molecule has 0 atom stereocenters. The molecule has 0 N–H and O–H groups in total. The summed E-state index contributed by atoms with van der Waals surface area (Å²) in [5.41, 5.74) is 4.56. The summed E-state index contributed by atoms with van der Waals surface area (Å²) in [5.74, 6) is 0. The Morgan fingerprint density at radius 2 is 1.13 bits per heavy atom. The second kappa shape index (κ2) is 5.67. The molecule has 0 bridgehead atoms. The van der Waals surface area contributed by atoms with Gasteiger partial charge in [0.2, 0.25) is 0 Å². The molecule has 2 heterocycles. The SMILES string of the molecule is Cc1ccc2c(Sc3ccnc4cc(C)ccc34)ccnc2c1. The fourth-order valence-corrected chi connectivity index (χ4v) is 3.82. The van der Waals surface area contributed by atoms with Crippen LogP contribution < -0.4 is 0 Å². The monoisotopic (exact) mass is 316 g/mol. The van der Waals surface area contributed by atoms with Gasteiger partial charge in [-0.05, 0) is 49.2 Å². The molecule has 0 saturated heterocycles. The zero-order valence-electron chi connectivity index (χ0n) is 13.1. The lowest BCUT2D eigenvalue weighted by Crippen LogP contribution is -1.86. The summed E-state index contributed by atoms with van der Waals surface area (Å²) in [6.07, 6.45) is 3.77. The molecule has 0 fully saturated rings. The van der Waals surface area contributed by atoms with E-state index in [1.54, 1.807) is 11.8 Å². The molecule has 23 heavy (non-hydrogen) atoms. The number of hydrogen-bond donors (Lipinski definition) is 0. The summed E-state index contributed by atoms with van der Waals surface area (Å²) in [6, 6.07) is 17.0. The largest absolute Gasteiger partial charge is 0.256 e. The summed E-state index contributed by atoms with van der Waals surface area (Å²) in [7, 11) is 0. The molecule has 2 nitrogen and oxygen atoms in total. The van der Waals surface area contributed by atoms with Crippen molar-refractivity contribution in [2.24, 2.45) is 0 Å². The summed E-state index contributed by atoms with van der Waals surface area (Å²) in [4.78, 5) is 11.4. The average Bonchev–Trinajstić information content (AvgIpc) is 2.54. The highest BCUT2D eigenvalue weighted by Crippen LogP contribution is 2.36. The first kappa shape index (κ1) is 14.2. The van der Waals surface area contributed by atoms with Crippen LogP contribution in [-0.4, -0.2) is 9.97 Å².